The molecule has 8 nitrogen and oxygen atoms in total. The number of nitrogens with zero attached hydrogens (tertiary/aromatic N) is 2. The molecule has 3 rings (SSSR count). The number of carbonyl (C=O) groups excluding carboxylic acids is 3. The van der Waals surface area contributed by atoms with Crippen LogP contribution in [0.15, 0.2) is 44.9 Å². The van der Waals surface area contributed by atoms with Crippen LogP contribution in [0, 0.1) is 0 Å². The van der Waals surface area contributed by atoms with E-state index in [9.17, 15) is 14.4 Å². The Balaban J connectivity index is 1.78. The van der Waals surface area contributed by atoms with Gasteiger partial charge in [-0.1, -0.05) is 6.07 Å². The quantitative estimate of drug-likeness (QED) is 0.430. The normalized spacial score (nSPS) is 15.1. The summed E-state index contributed by atoms with van der Waals surface area (Å²) in [6.45, 7) is -0.0950. The fraction of sp³-hybridized carbons (Fsp3) is 0.211. The van der Waals surface area contributed by atoms with E-state index in [1.54, 1.807) is 6.08 Å². The van der Waals surface area contributed by atoms with Crippen LogP contribution in [0.5, 0.6) is 0 Å². The lowest BCUT2D eigenvalue weighted by molar-refractivity contribution is -0.123. The molecule has 0 radical (unpaired) electrons. The Kier molecular flexibility index (Phi) is 5.55. The SMILES string of the molecule is COC(=O)c1ccc(CN2C(=O)NC(=Cc3ccc(N(C)C)c(Br)c3)C2=O)o1. The number of anilines is 1. The van der Waals surface area contributed by atoms with Crippen molar-refractivity contribution in [1.82, 2.24) is 10.2 Å². The minimum atomic E-state index is -0.629. The predicted octanol–water partition coefficient (Wildman–Crippen LogP) is 2.99. The van der Waals surface area contributed by atoms with Crippen molar-refractivity contribution >= 4 is 45.6 Å². The molecule has 146 valence electrons. The molecule has 1 N–H and O–H groups in total. The minimum Gasteiger partial charge on any atom is -0.463 e. The van der Waals surface area contributed by atoms with E-state index >= 15 is 0 Å². The maximum Gasteiger partial charge on any atom is 0.373 e. The summed E-state index contributed by atoms with van der Waals surface area (Å²) in [5.41, 5.74) is 1.91. The Hall–Kier alpha value is -3.07. The Morgan fingerprint density at radius 3 is 2.68 bits per heavy atom. The third-order valence-corrected chi connectivity index (χ3v) is 4.72. The number of imide groups is 1. The molecule has 3 amide bonds. The van der Waals surface area contributed by atoms with E-state index in [1.165, 1.54) is 19.2 Å². The number of furan rings is 1. The Bertz CT molecular complexity index is 980. The van der Waals surface area contributed by atoms with Crippen molar-refractivity contribution in [1.29, 1.82) is 0 Å². The lowest BCUT2D eigenvalue weighted by Gasteiger charge is -2.14. The number of amides is 3. The molecule has 1 fully saturated rings. The summed E-state index contributed by atoms with van der Waals surface area (Å²) < 4.78 is 10.8. The molecule has 9 heteroatoms. The van der Waals surface area contributed by atoms with E-state index in [2.05, 4.69) is 26.0 Å². The van der Waals surface area contributed by atoms with E-state index in [4.69, 9.17) is 4.42 Å². The number of halogens is 1. The predicted molar refractivity (Wildman–Crippen MR) is 106 cm³/mol. The van der Waals surface area contributed by atoms with Crippen LogP contribution >= 0.6 is 15.9 Å². The molecule has 0 unspecified atom stereocenters. The Labute approximate surface area is 169 Å². The molecule has 0 bridgehead atoms. The second-order valence-electron chi connectivity index (χ2n) is 6.24. The van der Waals surface area contributed by atoms with Crippen LogP contribution < -0.4 is 10.2 Å². The van der Waals surface area contributed by atoms with Crippen LogP contribution in [-0.2, 0) is 16.1 Å². The number of nitrogens with one attached hydrogen (secondary N) is 1. The molecule has 0 aliphatic carbocycles. The number of benzene rings is 1. The summed E-state index contributed by atoms with van der Waals surface area (Å²) in [7, 11) is 5.09. The van der Waals surface area contributed by atoms with Gasteiger partial charge >= 0.3 is 12.0 Å². The van der Waals surface area contributed by atoms with Gasteiger partial charge < -0.3 is 19.4 Å². The molecule has 1 aromatic carbocycles. The molecule has 1 aliphatic rings. The first kappa shape index (κ1) is 19.7. The molecule has 2 heterocycles. The zero-order valence-electron chi connectivity index (χ0n) is 15.5. The van der Waals surface area contributed by atoms with Gasteiger partial charge in [0.1, 0.15) is 11.5 Å². The van der Waals surface area contributed by atoms with Gasteiger partial charge in [0.15, 0.2) is 0 Å². The molecule has 0 spiro atoms. The molecular weight excluding hydrogens is 430 g/mol. The second-order valence-corrected chi connectivity index (χ2v) is 7.10. The van der Waals surface area contributed by atoms with Crippen LogP contribution in [0.3, 0.4) is 0 Å². The van der Waals surface area contributed by atoms with Gasteiger partial charge in [-0.25, -0.2) is 9.59 Å². The summed E-state index contributed by atoms with van der Waals surface area (Å²) in [6, 6.07) is 8.01. The van der Waals surface area contributed by atoms with Crippen LogP contribution in [0.2, 0.25) is 0 Å². The third-order valence-electron chi connectivity index (χ3n) is 4.09. The van der Waals surface area contributed by atoms with Gasteiger partial charge in [0, 0.05) is 18.6 Å². The van der Waals surface area contributed by atoms with E-state index in [0.29, 0.717) is 5.76 Å². The highest BCUT2D eigenvalue weighted by Crippen LogP contribution is 2.27. The van der Waals surface area contributed by atoms with Gasteiger partial charge in [0.05, 0.1) is 19.3 Å². The topological polar surface area (TPSA) is 92.1 Å². The smallest absolute Gasteiger partial charge is 0.373 e. The van der Waals surface area contributed by atoms with E-state index in [-0.39, 0.29) is 18.0 Å². The monoisotopic (exact) mass is 447 g/mol. The summed E-state index contributed by atoms with van der Waals surface area (Å²) in [5, 5.41) is 2.56. The summed E-state index contributed by atoms with van der Waals surface area (Å²) >= 11 is 3.50. The Morgan fingerprint density at radius 2 is 2.04 bits per heavy atom. The van der Waals surface area contributed by atoms with Gasteiger partial charge in [-0.3, -0.25) is 9.69 Å². The largest absolute Gasteiger partial charge is 0.463 e. The van der Waals surface area contributed by atoms with Gasteiger partial charge in [-0.05, 0) is 51.8 Å². The average Bonchev–Trinajstić information content (AvgIpc) is 3.21. The van der Waals surface area contributed by atoms with Crippen LogP contribution in [0.1, 0.15) is 21.9 Å². The lowest BCUT2D eigenvalue weighted by Crippen LogP contribution is -2.30. The maximum absolute atomic E-state index is 12.6. The Morgan fingerprint density at radius 1 is 1.29 bits per heavy atom. The second kappa shape index (κ2) is 7.89. The minimum absolute atomic E-state index is 0.00570. The number of hydrogen-bond donors (Lipinski definition) is 1. The first-order valence-electron chi connectivity index (χ1n) is 8.28. The lowest BCUT2D eigenvalue weighted by atomic mass is 10.1. The van der Waals surface area contributed by atoms with Crippen molar-refractivity contribution in [2.24, 2.45) is 0 Å². The molecule has 1 aliphatic heterocycles. The van der Waals surface area contributed by atoms with Crippen molar-refractivity contribution < 1.29 is 23.5 Å². The van der Waals surface area contributed by atoms with Crippen molar-refractivity contribution in [3.63, 3.8) is 0 Å². The first-order chi connectivity index (χ1) is 13.3. The van der Waals surface area contributed by atoms with Gasteiger partial charge in [0.2, 0.25) is 5.76 Å². The van der Waals surface area contributed by atoms with Crippen molar-refractivity contribution in [3.05, 3.63) is 57.6 Å². The van der Waals surface area contributed by atoms with Crippen molar-refractivity contribution in [2.75, 3.05) is 26.1 Å². The van der Waals surface area contributed by atoms with Crippen LogP contribution in [0.25, 0.3) is 6.08 Å². The molecule has 0 atom stereocenters. The number of methoxy groups -OCH3 is 1. The molecule has 0 saturated carbocycles. The molecule has 2 aromatic rings. The van der Waals surface area contributed by atoms with Crippen LogP contribution in [-0.4, -0.2) is 44.0 Å². The summed E-state index contributed by atoms with van der Waals surface area (Å²) in [5.74, 6) is -0.806. The molecule has 28 heavy (non-hydrogen) atoms. The zero-order chi connectivity index (χ0) is 20.4. The number of ether oxygens (including phenoxy) is 1. The van der Waals surface area contributed by atoms with Crippen molar-refractivity contribution in [2.45, 2.75) is 6.54 Å². The summed E-state index contributed by atoms with van der Waals surface area (Å²) in [4.78, 5) is 39.2. The number of rotatable bonds is 5. The first-order valence-corrected chi connectivity index (χ1v) is 9.08. The molecular formula is C19H18BrN3O5. The summed E-state index contributed by atoms with van der Waals surface area (Å²) in [6.07, 6.45) is 1.60. The van der Waals surface area contributed by atoms with E-state index in [0.717, 1.165) is 20.6 Å². The fourth-order valence-electron chi connectivity index (χ4n) is 2.69. The zero-order valence-corrected chi connectivity index (χ0v) is 17.1. The number of urea groups is 1. The van der Waals surface area contributed by atoms with E-state index in [1.807, 2.05) is 37.2 Å². The van der Waals surface area contributed by atoms with Gasteiger partial charge in [-0.15, -0.1) is 0 Å². The van der Waals surface area contributed by atoms with Crippen LogP contribution in [0.4, 0.5) is 10.5 Å². The number of carbonyl (C=O) groups is 3. The maximum atomic E-state index is 12.6. The van der Waals surface area contributed by atoms with Crippen molar-refractivity contribution in [3.8, 4) is 0 Å². The number of hydrogen-bond acceptors (Lipinski definition) is 6. The molecule has 1 saturated heterocycles. The average molecular weight is 448 g/mol. The van der Waals surface area contributed by atoms with E-state index < -0.39 is 17.9 Å². The fourth-order valence-corrected chi connectivity index (χ4v) is 3.44. The highest BCUT2D eigenvalue weighted by atomic mass is 79.9. The van der Waals surface area contributed by atoms with Gasteiger partial charge in [0.25, 0.3) is 5.91 Å². The molecule has 1 aromatic heterocycles. The highest BCUT2D eigenvalue weighted by Gasteiger charge is 2.34. The highest BCUT2D eigenvalue weighted by molar-refractivity contribution is 9.10. The standard InChI is InChI=1S/C19H18BrN3O5/c1-22(2)15-6-4-11(8-13(15)20)9-14-17(24)23(19(26)21-14)10-12-5-7-16(28-12)18(25)27-3/h4-9H,10H2,1-3H3,(H,21,26). The number of esters is 1. The van der Waals surface area contributed by atoms with Gasteiger partial charge in [-0.2, -0.15) is 0 Å². The third kappa shape index (κ3) is 3.94.